The zero-order valence-electron chi connectivity index (χ0n) is 17.4. The van der Waals surface area contributed by atoms with Crippen LogP contribution >= 0.6 is 0 Å². The number of nitrogens with one attached hydrogen (secondary N) is 1. The van der Waals surface area contributed by atoms with Gasteiger partial charge in [0.1, 0.15) is 5.75 Å². The van der Waals surface area contributed by atoms with Gasteiger partial charge in [-0.2, -0.15) is 5.10 Å². The molecule has 4 aromatic rings. The van der Waals surface area contributed by atoms with Gasteiger partial charge >= 0.3 is 0 Å². The zero-order chi connectivity index (χ0) is 20.9. The first-order valence-corrected chi connectivity index (χ1v) is 10.3. The first-order chi connectivity index (χ1) is 14.6. The quantitative estimate of drug-likeness (QED) is 0.454. The van der Waals surface area contributed by atoms with Crippen LogP contribution in [0.4, 0.5) is 0 Å². The molecule has 0 saturated heterocycles. The Morgan fingerprint density at radius 1 is 1.17 bits per heavy atom. The molecule has 2 heterocycles. The number of fused-ring (bicyclic) bond motifs is 2. The van der Waals surface area contributed by atoms with Gasteiger partial charge in [0.25, 0.3) is 0 Å². The normalized spacial score (nSPS) is 11.1. The Labute approximate surface area is 175 Å². The van der Waals surface area contributed by atoms with Gasteiger partial charge in [0.2, 0.25) is 5.91 Å². The number of carbonyl (C=O) groups is 1. The van der Waals surface area contributed by atoms with Gasteiger partial charge in [-0.25, -0.2) is 9.50 Å². The maximum absolute atomic E-state index is 12.4. The van der Waals surface area contributed by atoms with Crippen molar-refractivity contribution < 1.29 is 9.53 Å². The topological polar surface area (TPSA) is 68.5 Å². The number of amides is 1. The monoisotopic (exact) mass is 402 g/mol. The van der Waals surface area contributed by atoms with Gasteiger partial charge in [0.05, 0.1) is 12.8 Å². The number of hydrogen-bond acceptors (Lipinski definition) is 4. The lowest BCUT2D eigenvalue weighted by Gasteiger charge is -2.12. The van der Waals surface area contributed by atoms with Crippen LogP contribution in [0.3, 0.4) is 0 Å². The van der Waals surface area contributed by atoms with Crippen LogP contribution in [0.1, 0.15) is 29.7 Å². The third-order valence-corrected chi connectivity index (χ3v) is 5.27. The standard InChI is InChI=1S/C24H26N4O2/c1-17-14-23-26-15-18(16-28(23)27-17)6-5-13-25-24(29)12-10-21-20-8-4-3-7-19(20)9-11-22(21)30-2/h3-4,7-9,11,14-16H,5-6,10,12-13H2,1-2H3,(H,25,29). The van der Waals surface area contributed by atoms with Crippen LogP contribution in [-0.2, 0) is 17.6 Å². The molecule has 0 fully saturated rings. The van der Waals surface area contributed by atoms with Crippen molar-refractivity contribution in [3.05, 3.63) is 71.7 Å². The summed E-state index contributed by atoms with van der Waals surface area (Å²) in [7, 11) is 1.67. The van der Waals surface area contributed by atoms with E-state index in [1.165, 1.54) is 0 Å². The average Bonchev–Trinajstić information content (AvgIpc) is 3.14. The van der Waals surface area contributed by atoms with E-state index in [0.717, 1.165) is 51.8 Å². The number of benzene rings is 2. The van der Waals surface area contributed by atoms with Crippen molar-refractivity contribution in [2.75, 3.05) is 13.7 Å². The molecule has 2 aromatic heterocycles. The summed E-state index contributed by atoms with van der Waals surface area (Å²) in [5, 5.41) is 9.72. The van der Waals surface area contributed by atoms with Crippen molar-refractivity contribution in [2.45, 2.75) is 32.6 Å². The van der Waals surface area contributed by atoms with Gasteiger partial charge in [-0.15, -0.1) is 0 Å². The zero-order valence-corrected chi connectivity index (χ0v) is 17.4. The molecule has 0 aliphatic rings. The molecule has 1 N–H and O–H groups in total. The minimum Gasteiger partial charge on any atom is -0.496 e. The Hall–Kier alpha value is -3.41. The maximum atomic E-state index is 12.4. The van der Waals surface area contributed by atoms with E-state index >= 15 is 0 Å². The second-order valence-electron chi connectivity index (χ2n) is 7.47. The first-order valence-electron chi connectivity index (χ1n) is 10.3. The molecule has 30 heavy (non-hydrogen) atoms. The smallest absolute Gasteiger partial charge is 0.220 e. The van der Waals surface area contributed by atoms with Crippen molar-refractivity contribution in [1.82, 2.24) is 19.9 Å². The fourth-order valence-electron chi connectivity index (χ4n) is 3.78. The van der Waals surface area contributed by atoms with E-state index in [0.29, 0.717) is 19.4 Å². The molecule has 0 atom stereocenters. The molecule has 0 unspecified atom stereocenters. The summed E-state index contributed by atoms with van der Waals surface area (Å²) < 4.78 is 7.33. The van der Waals surface area contributed by atoms with Gasteiger partial charge in [-0.05, 0) is 48.6 Å². The molecule has 154 valence electrons. The van der Waals surface area contributed by atoms with E-state index in [4.69, 9.17) is 4.74 Å². The van der Waals surface area contributed by atoms with E-state index in [2.05, 4.69) is 33.6 Å². The highest BCUT2D eigenvalue weighted by molar-refractivity contribution is 5.88. The lowest BCUT2D eigenvalue weighted by Crippen LogP contribution is -2.25. The molecule has 0 spiro atoms. The van der Waals surface area contributed by atoms with Crippen molar-refractivity contribution in [2.24, 2.45) is 0 Å². The summed E-state index contributed by atoms with van der Waals surface area (Å²) in [6.07, 6.45) is 6.67. The predicted molar refractivity (Wildman–Crippen MR) is 118 cm³/mol. The maximum Gasteiger partial charge on any atom is 0.220 e. The van der Waals surface area contributed by atoms with E-state index in [1.54, 1.807) is 11.6 Å². The fraction of sp³-hybridized carbons (Fsp3) is 0.292. The van der Waals surface area contributed by atoms with Crippen molar-refractivity contribution in [3.63, 3.8) is 0 Å². The van der Waals surface area contributed by atoms with Crippen LogP contribution in [0.2, 0.25) is 0 Å². The highest BCUT2D eigenvalue weighted by Crippen LogP contribution is 2.29. The van der Waals surface area contributed by atoms with Crippen LogP contribution in [0, 0.1) is 6.92 Å². The molecule has 2 aromatic carbocycles. The van der Waals surface area contributed by atoms with Gasteiger partial charge in [-0.3, -0.25) is 4.79 Å². The molecule has 6 nitrogen and oxygen atoms in total. The molecule has 0 saturated carbocycles. The molecule has 0 bridgehead atoms. The third kappa shape index (κ3) is 4.43. The number of aryl methyl sites for hydroxylation is 3. The van der Waals surface area contributed by atoms with Crippen LogP contribution in [0.15, 0.2) is 54.9 Å². The summed E-state index contributed by atoms with van der Waals surface area (Å²) in [5.41, 5.74) is 4.00. The van der Waals surface area contributed by atoms with Crippen LogP contribution < -0.4 is 10.1 Å². The molecule has 0 aliphatic heterocycles. The van der Waals surface area contributed by atoms with Gasteiger partial charge in [0, 0.05) is 37.0 Å². The number of ether oxygens (including phenoxy) is 1. The minimum atomic E-state index is 0.0567. The summed E-state index contributed by atoms with van der Waals surface area (Å²) in [4.78, 5) is 16.8. The summed E-state index contributed by atoms with van der Waals surface area (Å²) in [6, 6.07) is 14.2. The Bertz CT molecular complexity index is 1180. The lowest BCUT2D eigenvalue weighted by atomic mass is 9.99. The van der Waals surface area contributed by atoms with Crippen molar-refractivity contribution in [1.29, 1.82) is 0 Å². The predicted octanol–water partition coefficient (Wildman–Crippen LogP) is 3.88. The van der Waals surface area contributed by atoms with E-state index in [9.17, 15) is 4.79 Å². The first kappa shape index (κ1) is 19.9. The van der Waals surface area contributed by atoms with E-state index < -0.39 is 0 Å². The molecular formula is C24H26N4O2. The lowest BCUT2D eigenvalue weighted by molar-refractivity contribution is -0.121. The number of aromatic nitrogens is 3. The highest BCUT2D eigenvalue weighted by Gasteiger charge is 2.10. The number of methoxy groups -OCH3 is 1. The largest absolute Gasteiger partial charge is 0.496 e. The molecule has 4 rings (SSSR count). The summed E-state index contributed by atoms with van der Waals surface area (Å²) >= 11 is 0. The molecule has 1 amide bonds. The number of nitrogens with zero attached hydrogens (tertiary/aromatic N) is 3. The van der Waals surface area contributed by atoms with Crippen LogP contribution in [0.5, 0.6) is 5.75 Å². The van der Waals surface area contributed by atoms with Gasteiger partial charge in [-0.1, -0.05) is 30.3 Å². The van der Waals surface area contributed by atoms with Gasteiger partial charge < -0.3 is 10.1 Å². The minimum absolute atomic E-state index is 0.0567. The van der Waals surface area contributed by atoms with Gasteiger partial charge in [0.15, 0.2) is 5.65 Å². The van der Waals surface area contributed by atoms with E-state index in [-0.39, 0.29) is 5.91 Å². The van der Waals surface area contributed by atoms with Crippen molar-refractivity contribution >= 4 is 22.3 Å². The Morgan fingerprint density at radius 3 is 2.90 bits per heavy atom. The number of rotatable bonds is 8. The van der Waals surface area contributed by atoms with Crippen molar-refractivity contribution in [3.8, 4) is 5.75 Å². The molecule has 0 aliphatic carbocycles. The second-order valence-corrected chi connectivity index (χ2v) is 7.47. The fourth-order valence-corrected chi connectivity index (χ4v) is 3.78. The van der Waals surface area contributed by atoms with Crippen LogP contribution in [-0.4, -0.2) is 34.2 Å². The highest BCUT2D eigenvalue weighted by atomic mass is 16.5. The molecule has 6 heteroatoms. The Morgan fingerprint density at radius 2 is 2.03 bits per heavy atom. The average molecular weight is 402 g/mol. The summed E-state index contributed by atoms with van der Waals surface area (Å²) in [5.74, 6) is 0.888. The second kappa shape index (κ2) is 8.95. The third-order valence-electron chi connectivity index (χ3n) is 5.27. The SMILES string of the molecule is COc1ccc2ccccc2c1CCC(=O)NCCCc1cnc2cc(C)nn2c1. The number of carbonyl (C=O) groups excluding carboxylic acids is 1. The number of hydrogen-bond donors (Lipinski definition) is 1. The van der Waals surface area contributed by atoms with Crippen LogP contribution in [0.25, 0.3) is 16.4 Å². The Kier molecular flexibility index (Phi) is 5.93. The molecule has 0 radical (unpaired) electrons. The van der Waals surface area contributed by atoms with E-state index in [1.807, 2.05) is 43.6 Å². The molecular weight excluding hydrogens is 376 g/mol. The Balaban J connectivity index is 1.28. The summed E-state index contributed by atoms with van der Waals surface area (Å²) in [6.45, 7) is 2.60.